The topological polar surface area (TPSA) is 86.9 Å². The van der Waals surface area contributed by atoms with Gasteiger partial charge in [-0.1, -0.05) is 34.8 Å². The van der Waals surface area contributed by atoms with Crippen molar-refractivity contribution in [3.05, 3.63) is 110 Å². The summed E-state index contributed by atoms with van der Waals surface area (Å²) in [6, 6.07) is 22.0. The van der Waals surface area contributed by atoms with Crippen LogP contribution in [0.3, 0.4) is 0 Å². The van der Waals surface area contributed by atoms with Crippen LogP contribution in [0.2, 0.25) is 20.1 Å². The fourth-order valence-electron chi connectivity index (χ4n) is 3.72. The summed E-state index contributed by atoms with van der Waals surface area (Å²) in [6.45, 7) is 0. The van der Waals surface area contributed by atoms with E-state index in [-0.39, 0.29) is 11.8 Å². The molecule has 184 valence electrons. The zero-order valence-corrected chi connectivity index (χ0v) is 21.9. The SMILES string of the molecule is O=C(Nc1ccc2nc(-c3ccc(NC(=O)c4cc(Cl)cc([ClH+])c4)cc3)[nH]c2c1)c1cc(Cl)cc(Cl)c1. The molecule has 6 nitrogen and oxygen atoms in total. The summed E-state index contributed by atoms with van der Waals surface area (Å²) in [7, 11) is 0. The smallest absolute Gasteiger partial charge is 0.255 e. The van der Waals surface area contributed by atoms with E-state index in [9.17, 15) is 9.59 Å². The van der Waals surface area contributed by atoms with Crippen LogP contribution in [0.1, 0.15) is 20.7 Å². The molecule has 0 fully saturated rings. The van der Waals surface area contributed by atoms with E-state index in [1.165, 1.54) is 0 Å². The molecule has 3 N–H and O–H groups in total. The largest absolute Gasteiger partial charge is 0.338 e. The van der Waals surface area contributed by atoms with Crippen LogP contribution in [0, 0.1) is 11.6 Å². The number of benzene rings is 4. The number of hydrogen-bond acceptors (Lipinski definition) is 3. The predicted octanol–water partition coefficient (Wildman–Crippen LogP) is 7.39. The second-order valence-electron chi connectivity index (χ2n) is 8.14. The Morgan fingerprint density at radius 1 is 0.703 bits per heavy atom. The fraction of sp³-hybridized carbons (Fsp3) is 0. The van der Waals surface area contributed by atoms with E-state index >= 15 is 0 Å². The van der Waals surface area contributed by atoms with E-state index in [0.717, 1.165) is 16.6 Å². The first-order chi connectivity index (χ1) is 17.7. The van der Waals surface area contributed by atoms with E-state index in [1.54, 1.807) is 60.7 Å². The van der Waals surface area contributed by atoms with Crippen LogP contribution in [-0.4, -0.2) is 21.8 Å². The van der Waals surface area contributed by atoms with Gasteiger partial charge in [0.1, 0.15) is 5.82 Å². The first kappa shape index (κ1) is 25.1. The zero-order valence-electron chi connectivity index (χ0n) is 18.8. The second kappa shape index (κ2) is 10.4. The van der Waals surface area contributed by atoms with Crippen molar-refractivity contribution in [1.82, 2.24) is 9.97 Å². The number of anilines is 2. The van der Waals surface area contributed by atoms with E-state index in [1.807, 2.05) is 18.2 Å². The number of aromatic amines is 1. The third-order valence-electron chi connectivity index (χ3n) is 5.41. The maximum atomic E-state index is 12.6. The lowest BCUT2D eigenvalue weighted by Crippen LogP contribution is -2.11. The summed E-state index contributed by atoms with van der Waals surface area (Å²) in [6.07, 6.45) is 0. The summed E-state index contributed by atoms with van der Waals surface area (Å²) in [5.74, 6) is 0.00565. The van der Waals surface area contributed by atoms with Crippen LogP contribution in [0.25, 0.3) is 22.4 Å². The predicted molar refractivity (Wildman–Crippen MR) is 146 cm³/mol. The number of nitrogens with one attached hydrogen (secondary N) is 3. The quantitative estimate of drug-likeness (QED) is 0.206. The van der Waals surface area contributed by atoms with Gasteiger partial charge in [0.05, 0.1) is 11.0 Å². The molecule has 1 aromatic heterocycles. The lowest BCUT2D eigenvalue weighted by molar-refractivity contribution is -0.288. The number of hydrogen-bond donors (Lipinski definition) is 3. The molecule has 10 heteroatoms. The molecular formula is C27H17Cl4N4O2+. The van der Waals surface area contributed by atoms with Crippen LogP contribution in [-0.2, 0) is 0 Å². The van der Waals surface area contributed by atoms with Gasteiger partial charge in [0, 0.05) is 55.3 Å². The molecule has 1 heterocycles. The molecule has 2 amide bonds. The molecule has 4 aromatic carbocycles. The van der Waals surface area contributed by atoms with Gasteiger partial charge >= 0.3 is 0 Å². The molecule has 0 saturated carbocycles. The highest BCUT2D eigenvalue weighted by Gasteiger charge is 2.13. The molecular weight excluding hydrogens is 554 g/mol. The van der Waals surface area contributed by atoms with Crippen molar-refractivity contribution in [2.45, 2.75) is 0 Å². The summed E-state index contributed by atoms with van der Waals surface area (Å²) < 4.78 is 0. The van der Waals surface area contributed by atoms with Crippen molar-refractivity contribution in [2.24, 2.45) is 0 Å². The summed E-state index contributed by atoms with van der Waals surface area (Å²) in [5, 5.41) is 7.34. The number of carbonyl (C=O) groups is 2. The van der Waals surface area contributed by atoms with Gasteiger partial charge in [0.25, 0.3) is 11.8 Å². The monoisotopic (exact) mass is 569 g/mol. The van der Waals surface area contributed by atoms with Gasteiger partial charge in [-0.3, -0.25) is 9.59 Å². The Kier molecular flexibility index (Phi) is 7.09. The molecule has 0 aliphatic heterocycles. The van der Waals surface area contributed by atoms with Crippen molar-refractivity contribution in [2.75, 3.05) is 10.6 Å². The molecule has 5 rings (SSSR count). The van der Waals surface area contributed by atoms with Crippen LogP contribution in [0.15, 0.2) is 78.9 Å². The Morgan fingerprint density at radius 2 is 1.27 bits per heavy atom. The maximum Gasteiger partial charge on any atom is 0.255 e. The van der Waals surface area contributed by atoms with Crippen molar-refractivity contribution in [3.63, 3.8) is 0 Å². The molecule has 0 unspecified atom stereocenters. The molecule has 0 saturated heterocycles. The van der Waals surface area contributed by atoms with Crippen molar-refractivity contribution in [1.29, 1.82) is 0 Å². The molecule has 0 bridgehead atoms. The highest BCUT2D eigenvalue weighted by molar-refractivity contribution is 6.35. The molecule has 5 aromatic rings. The minimum absolute atomic E-state index is 0.306. The number of halogens is 4. The summed E-state index contributed by atoms with van der Waals surface area (Å²) in [4.78, 5) is 33.1. The molecule has 37 heavy (non-hydrogen) atoms. The highest BCUT2D eigenvalue weighted by atomic mass is 35.5. The van der Waals surface area contributed by atoms with Crippen LogP contribution in [0.5, 0.6) is 0 Å². The van der Waals surface area contributed by atoms with Crippen molar-refractivity contribution < 1.29 is 21.2 Å². The van der Waals surface area contributed by atoms with Gasteiger partial charge in [-0.05, 0) is 66.7 Å². The molecule has 0 radical (unpaired) electrons. The lowest BCUT2D eigenvalue weighted by Gasteiger charge is -2.06. The number of nitrogens with zero attached hydrogens (tertiary/aromatic N) is 1. The lowest BCUT2D eigenvalue weighted by atomic mass is 10.1. The van der Waals surface area contributed by atoms with E-state index in [4.69, 9.17) is 46.4 Å². The van der Waals surface area contributed by atoms with Crippen molar-refractivity contribution in [3.8, 4) is 11.4 Å². The third kappa shape index (κ3) is 5.89. The maximum absolute atomic E-state index is 12.6. The molecule has 0 spiro atoms. The Hall–Kier alpha value is -3.55. The van der Waals surface area contributed by atoms with Gasteiger partial charge in [-0.2, -0.15) is 0 Å². The van der Waals surface area contributed by atoms with Crippen LogP contribution >= 0.6 is 34.8 Å². The van der Waals surface area contributed by atoms with E-state index in [2.05, 4.69) is 20.6 Å². The van der Waals surface area contributed by atoms with Crippen molar-refractivity contribution >= 4 is 69.0 Å². The minimum Gasteiger partial charge on any atom is -0.338 e. The first-order valence-electron chi connectivity index (χ1n) is 10.9. The van der Waals surface area contributed by atoms with Gasteiger partial charge in [0.2, 0.25) is 5.02 Å². The zero-order chi connectivity index (χ0) is 26.1. The number of aromatic nitrogens is 2. The van der Waals surface area contributed by atoms with Gasteiger partial charge in [-0.25, -0.2) is 4.98 Å². The van der Waals surface area contributed by atoms with Gasteiger partial charge in [-0.15, -0.1) is 0 Å². The Balaban J connectivity index is 1.31. The Morgan fingerprint density at radius 3 is 1.92 bits per heavy atom. The molecule has 0 aliphatic rings. The standard InChI is InChI=1S/C27H16Cl4N4O2/c28-17-7-15(8-18(29)11-17)26(36)32-21-3-1-14(2-4-21)25-34-23-6-5-22(13-24(23)35-25)33-27(37)16-9-19(30)12-20(31)10-16/h1-13,28H,(H2-,32,33,34,35,36,37)/p+1. The number of fused-ring (bicyclic) bond motifs is 1. The average molecular weight is 571 g/mol. The minimum atomic E-state index is -0.331. The Labute approximate surface area is 231 Å². The average Bonchev–Trinajstić information content (AvgIpc) is 3.27. The number of H-pyrrole nitrogens is 1. The number of imidazole rings is 1. The van der Waals surface area contributed by atoms with Crippen LogP contribution in [0.4, 0.5) is 11.4 Å². The fourth-order valence-corrected chi connectivity index (χ4v) is 4.80. The highest BCUT2D eigenvalue weighted by Crippen LogP contribution is 2.26. The molecule has 0 atom stereocenters. The van der Waals surface area contributed by atoms with Gasteiger partial charge < -0.3 is 15.6 Å². The number of amides is 2. The van der Waals surface area contributed by atoms with Crippen LogP contribution < -0.4 is 10.6 Å². The summed E-state index contributed by atoms with van der Waals surface area (Å²) >= 11 is 23.1. The van der Waals surface area contributed by atoms with E-state index < -0.39 is 0 Å². The normalized spacial score (nSPS) is 10.9. The third-order valence-corrected chi connectivity index (χ3v) is 6.30. The number of rotatable bonds is 5. The second-order valence-corrected chi connectivity index (χ2v) is 9.92. The first-order valence-corrected chi connectivity index (χ1v) is 12.4. The summed E-state index contributed by atoms with van der Waals surface area (Å²) in [5.41, 5.74) is 4.25. The van der Waals surface area contributed by atoms with Gasteiger partial charge in [0.15, 0.2) is 11.6 Å². The Bertz CT molecular complexity index is 1630. The molecule has 0 aliphatic carbocycles. The number of carbonyl (C=O) groups excluding carboxylic acids is 2. The van der Waals surface area contributed by atoms with E-state index in [0.29, 0.717) is 48.4 Å².